The summed E-state index contributed by atoms with van der Waals surface area (Å²) < 4.78 is 0. The highest BCUT2D eigenvalue weighted by atomic mass is 16.2. The Morgan fingerprint density at radius 3 is 2.47 bits per heavy atom. The summed E-state index contributed by atoms with van der Waals surface area (Å²) in [5.41, 5.74) is 3.73. The van der Waals surface area contributed by atoms with Gasteiger partial charge in [0.2, 0.25) is 11.8 Å². The monoisotopic (exact) mass is 241 g/mol. The van der Waals surface area contributed by atoms with Gasteiger partial charge in [-0.15, -0.1) is 0 Å². The number of rotatable bonds is 2. The van der Waals surface area contributed by atoms with Crippen molar-refractivity contribution in [3.63, 3.8) is 0 Å². The first-order chi connectivity index (χ1) is 7.63. The van der Waals surface area contributed by atoms with Crippen molar-refractivity contribution in [1.82, 2.24) is 10.2 Å². The molecule has 6 heteroatoms. The summed E-state index contributed by atoms with van der Waals surface area (Å²) in [5, 5.41) is 2.22. The average molecular weight is 241 g/mol. The van der Waals surface area contributed by atoms with Crippen molar-refractivity contribution in [2.24, 2.45) is 11.1 Å². The predicted octanol–water partition coefficient (Wildman–Crippen LogP) is -0.765. The van der Waals surface area contributed by atoms with Crippen LogP contribution in [0.5, 0.6) is 0 Å². The number of piperazine rings is 1. The number of amides is 3. The molecule has 0 saturated carbocycles. The van der Waals surface area contributed by atoms with Crippen LogP contribution in [0.15, 0.2) is 0 Å². The molecule has 0 aromatic carbocycles. The molecule has 0 spiro atoms. The van der Waals surface area contributed by atoms with E-state index in [0.29, 0.717) is 0 Å². The third-order valence-electron chi connectivity index (χ3n) is 3.12. The van der Waals surface area contributed by atoms with E-state index in [4.69, 9.17) is 5.73 Å². The molecular weight excluding hydrogens is 222 g/mol. The SMILES string of the molecule is CC(C)(CN)C(=O)N1CC(=O)NC(=O)C1(C)C. The van der Waals surface area contributed by atoms with Gasteiger partial charge in [0, 0.05) is 6.54 Å². The van der Waals surface area contributed by atoms with E-state index in [9.17, 15) is 14.4 Å². The Morgan fingerprint density at radius 2 is 2.00 bits per heavy atom. The zero-order valence-corrected chi connectivity index (χ0v) is 10.7. The van der Waals surface area contributed by atoms with Crippen molar-refractivity contribution >= 4 is 17.7 Å². The molecule has 0 unspecified atom stereocenters. The summed E-state index contributed by atoms with van der Waals surface area (Å²) in [5.74, 6) is -1.21. The average Bonchev–Trinajstić information content (AvgIpc) is 2.22. The minimum atomic E-state index is -1.03. The van der Waals surface area contributed by atoms with Gasteiger partial charge < -0.3 is 10.6 Å². The molecule has 17 heavy (non-hydrogen) atoms. The number of nitrogens with one attached hydrogen (secondary N) is 1. The molecule has 1 rings (SSSR count). The fourth-order valence-electron chi connectivity index (χ4n) is 1.56. The molecule has 0 aromatic rings. The summed E-state index contributed by atoms with van der Waals surface area (Å²) in [6.07, 6.45) is 0. The Kier molecular flexibility index (Phi) is 3.29. The first kappa shape index (κ1) is 13.6. The van der Waals surface area contributed by atoms with Gasteiger partial charge in [0.05, 0.1) is 5.41 Å². The highest BCUT2D eigenvalue weighted by Crippen LogP contribution is 2.25. The molecule has 3 amide bonds. The van der Waals surface area contributed by atoms with Crippen molar-refractivity contribution in [2.45, 2.75) is 33.2 Å². The number of carbonyl (C=O) groups excluding carboxylic acids is 3. The van der Waals surface area contributed by atoms with Crippen molar-refractivity contribution in [2.75, 3.05) is 13.1 Å². The minimum absolute atomic E-state index is 0.110. The van der Waals surface area contributed by atoms with Gasteiger partial charge in [-0.25, -0.2) is 0 Å². The van der Waals surface area contributed by atoms with Crippen molar-refractivity contribution in [3.8, 4) is 0 Å². The van der Waals surface area contributed by atoms with Crippen LogP contribution >= 0.6 is 0 Å². The highest BCUT2D eigenvalue weighted by molar-refractivity contribution is 6.06. The number of carbonyl (C=O) groups is 3. The summed E-state index contributed by atoms with van der Waals surface area (Å²) in [4.78, 5) is 36.6. The summed E-state index contributed by atoms with van der Waals surface area (Å²) in [6.45, 7) is 6.67. The molecule has 1 fully saturated rings. The van der Waals surface area contributed by atoms with Crippen LogP contribution in [0.1, 0.15) is 27.7 Å². The normalized spacial score (nSPS) is 20.2. The van der Waals surface area contributed by atoms with Crippen LogP contribution in [0.25, 0.3) is 0 Å². The number of imide groups is 1. The first-order valence-electron chi connectivity index (χ1n) is 5.49. The molecule has 1 aliphatic rings. The Balaban J connectivity index is 3.06. The van der Waals surface area contributed by atoms with Crippen molar-refractivity contribution in [1.29, 1.82) is 0 Å². The Bertz CT molecular complexity index is 374. The second-order valence-electron chi connectivity index (χ2n) is 5.42. The van der Waals surface area contributed by atoms with Crippen LogP contribution in [0.3, 0.4) is 0 Å². The standard InChI is InChI=1S/C11H19N3O3/c1-10(2,6-12)9(17)14-5-7(15)13-8(16)11(14,3)4/h5-6,12H2,1-4H3,(H,13,15,16). The number of nitrogens with zero attached hydrogens (tertiary/aromatic N) is 1. The third-order valence-corrected chi connectivity index (χ3v) is 3.12. The maximum Gasteiger partial charge on any atom is 0.252 e. The van der Waals surface area contributed by atoms with Crippen LogP contribution in [-0.2, 0) is 14.4 Å². The molecule has 0 radical (unpaired) electrons. The fourth-order valence-corrected chi connectivity index (χ4v) is 1.56. The maximum atomic E-state index is 12.3. The largest absolute Gasteiger partial charge is 0.329 e. The van der Waals surface area contributed by atoms with Crippen LogP contribution in [0, 0.1) is 5.41 Å². The predicted molar refractivity (Wildman–Crippen MR) is 61.8 cm³/mol. The van der Waals surface area contributed by atoms with Gasteiger partial charge in [-0.2, -0.15) is 0 Å². The fraction of sp³-hybridized carbons (Fsp3) is 0.727. The number of nitrogens with two attached hydrogens (primary N) is 1. The maximum absolute atomic E-state index is 12.3. The summed E-state index contributed by atoms with van der Waals surface area (Å²) >= 11 is 0. The lowest BCUT2D eigenvalue weighted by molar-refractivity contribution is -0.160. The second kappa shape index (κ2) is 4.10. The zero-order chi connectivity index (χ0) is 13.4. The molecule has 96 valence electrons. The lowest BCUT2D eigenvalue weighted by Crippen LogP contribution is -2.67. The minimum Gasteiger partial charge on any atom is -0.329 e. The molecule has 0 aromatic heterocycles. The Labute approximate surface area is 101 Å². The number of hydrogen-bond acceptors (Lipinski definition) is 4. The molecule has 1 heterocycles. The van der Waals surface area contributed by atoms with E-state index in [0.717, 1.165) is 0 Å². The Hall–Kier alpha value is -1.43. The van der Waals surface area contributed by atoms with Gasteiger partial charge in [0.25, 0.3) is 5.91 Å². The lowest BCUT2D eigenvalue weighted by Gasteiger charge is -2.43. The molecule has 1 aliphatic heterocycles. The van der Waals surface area contributed by atoms with Gasteiger partial charge in [0.15, 0.2) is 0 Å². The quantitative estimate of drug-likeness (QED) is 0.621. The van der Waals surface area contributed by atoms with E-state index in [-0.39, 0.29) is 19.0 Å². The van der Waals surface area contributed by atoms with Gasteiger partial charge in [-0.05, 0) is 27.7 Å². The van der Waals surface area contributed by atoms with E-state index in [1.54, 1.807) is 27.7 Å². The zero-order valence-electron chi connectivity index (χ0n) is 10.7. The first-order valence-corrected chi connectivity index (χ1v) is 5.49. The highest BCUT2D eigenvalue weighted by Gasteiger charge is 2.46. The van der Waals surface area contributed by atoms with Crippen LogP contribution in [0.4, 0.5) is 0 Å². The van der Waals surface area contributed by atoms with Crippen LogP contribution < -0.4 is 11.1 Å². The Morgan fingerprint density at radius 1 is 1.47 bits per heavy atom. The van der Waals surface area contributed by atoms with E-state index < -0.39 is 22.8 Å². The van der Waals surface area contributed by atoms with Gasteiger partial charge in [-0.1, -0.05) is 0 Å². The lowest BCUT2D eigenvalue weighted by atomic mass is 9.88. The molecule has 0 bridgehead atoms. The van der Waals surface area contributed by atoms with Crippen molar-refractivity contribution in [3.05, 3.63) is 0 Å². The third kappa shape index (κ3) is 2.31. The molecule has 6 nitrogen and oxygen atoms in total. The molecule has 0 atom stereocenters. The molecule has 1 saturated heterocycles. The summed E-state index contributed by atoms with van der Waals surface area (Å²) in [6, 6.07) is 0. The molecule has 0 aliphatic carbocycles. The molecular formula is C11H19N3O3. The van der Waals surface area contributed by atoms with Gasteiger partial charge >= 0.3 is 0 Å². The van der Waals surface area contributed by atoms with E-state index >= 15 is 0 Å². The summed E-state index contributed by atoms with van der Waals surface area (Å²) in [7, 11) is 0. The van der Waals surface area contributed by atoms with Gasteiger partial charge in [0.1, 0.15) is 12.1 Å². The smallest absolute Gasteiger partial charge is 0.252 e. The van der Waals surface area contributed by atoms with E-state index in [1.165, 1.54) is 4.90 Å². The van der Waals surface area contributed by atoms with Crippen LogP contribution in [0.2, 0.25) is 0 Å². The van der Waals surface area contributed by atoms with Gasteiger partial charge in [-0.3, -0.25) is 19.7 Å². The van der Waals surface area contributed by atoms with Crippen LogP contribution in [-0.4, -0.2) is 41.2 Å². The topological polar surface area (TPSA) is 92.5 Å². The van der Waals surface area contributed by atoms with Crippen molar-refractivity contribution < 1.29 is 14.4 Å². The second-order valence-corrected chi connectivity index (χ2v) is 5.42. The number of hydrogen-bond donors (Lipinski definition) is 2. The molecule has 3 N–H and O–H groups in total. The van der Waals surface area contributed by atoms with E-state index in [1.807, 2.05) is 0 Å². The van der Waals surface area contributed by atoms with E-state index in [2.05, 4.69) is 5.32 Å².